The van der Waals surface area contributed by atoms with Gasteiger partial charge < -0.3 is 9.47 Å². The first-order chi connectivity index (χ1) is 7.63. The molecule has 0 saturated heterocycles. The smallest absolute Gasteiger partial charge is 0.345 e. The van der Waals surface area contributed by atoms with Gasteiger partial charge in [0, 0.05) is 6.20 Å². The average Bonchev–Trinajstić information content (AvgIpc) is 2.66. The van der Waals surface area contributed by atoms with Crippen molar-refractivity contribution in [2.45, 2.75) is 20.1 Å². The van der Waals surface area contributed by atoms with Gasteiger partial charge in [-0.2, -0.15) is 13.9 Å². The van der Waals surface area contributed by atoms with E-state index in [0.29, 0.717) is 5.56 Å². The van der Waals surface area contributed by atoms with Crippen LogP contribution in [0, 0.1) is 0 Å². The molecule has 0 aliphatic carbocycles. The van der Waals surface area contributed by atoms with E-state index < -0.39 is 12.6 Å². The van der Waals surface area contributed by atoms with Crippen LogP contribution in [-0.2, 0) is 16.0 Å². The van der Waals surface area contributed by atoms with Gasteiger partial charge in [-0.15, -0.1) is 0 Å². The number of alkyl halides is 2. The Morgan fingerprint density at radius 1 is 1.62 bits per heavy atom. The predicted octanol–water partition coefficient (Wildman–Crippen LogP) is 1.30. The van der Waals surface area contributed by atoms with E-state index in [2.05, 4.69) is 9.84 Å². The number of rotatable bonds is 6. The zero-order chi connectivity index (χ0) is 12.0. The summed E-state index contributed by atoms with van der Waals surface area (Å²) in [5, 5.41) is 3.81. The van der Waals surface area contributed by atoms with Gasteiger partial charge in [-0.25, -0.2) is 4.79 Å². The van der Waals surface area contributed by atoms with Crippen molar-refractivity contribution < 1.29 is 23.0 Å². The summed E-state index contributed by atoms with van der Waals surface area (Å²) in [5.74, 6) is -0.483. The molecular formula is C9H12F2N2O3. The molecule has 1 aromatic heterocycles. The van der Waals surface area contributed by atoms with E-state index in [1.807, 2.05) is 0 Å². The van der Waals surface area contributed by atoms with Crippen LogP contribution in [0.3, 0.4) is 0 Å². The topological polar surface area (TPSA) is 53.3 Å². The Morgan fingerprint density at radius 2 is 2.38 bits per heavy atom. The monoisotopic (exact) mass is 234 g/mol. The SMILES string of the molecule is CCOC(=O)c1cnn(CCOC(F)F)c1. The largest absolute Gasteiger partial charge is 0.462 e. The molecule has 0 saturated carbocycles. The lowest BCUT2D eigenvalue weighted by atomic mass is 10.4. The van der Waals surface area contributed by atoms with Crippen LogP contribution >= 0.6 is 0 Å². The van der Waals surface area contributed by atoms with Crippen LogP contribution in [0.25, 0.3) is 0 Å². The third kappa shape index (κ3) is 3.93. The molecule has 1 heterocycles. The van der Waals surface area contributed by atoms with Crippen LogP contribution < -0.4 is 0 Å². The van der Waals surface area contributed by atoms with Gasteiger partial charge in [-0.3, -0.25) is 4.68 Å². The molecule has 0 amide bonds. The van der Waals surface area contributed by atoms with Crippen molar-refractivity contribution in [2.24, 2.45) is 0 Å². The standard InChI is InChI=1S/C9H12F2N2O3/c1-2-15-8(14)7-5-12-13(6-7)3-4-16-9(10)11/h5-6,9H,2-4H2,1H3. The number of carbonyl (C=O) groups is 1. The highest BCUT2D eigenvalue weighted by molar-refractivity contribution is 5.88. The molecule has 5 nitrogen and oxygen atoms in total. The summed E-state index contributed by atoms with van der Waals surface area (Å²) >= 11 is 0. The van der Waals surface area contributed by atoms with Crippen LogP contribution in [0.2, 0.25) is 0 Å². The molecule has 0 bridgehead atoms. The highest BCUT2D eigenvalue weighted by atomic mass is 19.3. The molecule has 16 heavy (non-hydrogen) atoms. The third-order valence-electron chi connectivity index (χ3n) is 1.71. The third-order valence-corrected chi connectivity index (χ3v) is 1.71. The zero-order valence-corrected chi connectivity index (χ0v) is 8.73. The number of carbonyl (C=O) groups excluding carboxylic acids is 1. The Hall–Kier alpha value is -1.50. The van der Waals surface area contributed by atoms with E-state index >= 15 is 0 Å². The van der Waals surface area contributed by atoms with Crippen molar-refractivity contribution in [3.8, 4) is 0 Å². The fourth-order valence-corrected chi connectivity index (χ4v) is 1.04. The number of aromatic nitrogens is 2. The van der Waals surface area contributed by atoms with Crippen molar-refractivity contribution in [1.82, 2.24) is 9.78 Å². The summed E-state index contributed by atoms with van der Waals surface area (Å²) in [4.78, 5) is 11.2. The first-order valence-electron chi connectivity index (χ1n) is 4.72. The maximum absolute atomic E-state index is 11.6. The minimum Gasteiger partial charge on any atom is -0.462 e. The number of hydrogen-bond acceptors (Lipinski definition) is 4. The van der Waals surface area contributed by atoms with Gasteiger partial charge in [0.05, 0.1) is 31.5 Å². The minimum atomic E-state index is -2.79. The molecule has 90 valence electrons. The van der Waals surface area contributed by atoms with E-state index in [0.717, 1.165) is 0 Å². The van der Waals surface area contributed by atoms with Gasteiger partial charge >= 0.3 is 12.6 Å². The number of hydrogen-bond donors (Lipinski definition) is 0. The Kier molecular flexibility index (Phi) is 4.84. The molecule has 1 aromatic rings. The predicted molar refractivity (Wildman–Crippen MR) is 50.1 cm³/mol. The van der Waals surface area contributed by atoms with Crippen LogP contribution in [0.15, 0.2) is 12.4 Å². The Balaban J connectivity index is 2.42. The zero-order valence-electron chi connectivity index (χ0n) is 8.73. The van der Waals surface area contributed by atoms with E-state index in [1.54, 1.807) is 6.92 Å². The summed E-state index contributed by atoms with van der Waals surface area (Å²) in [6, 6.07) is 0. The summed E-state index contributed by atoms with van der Waals surface area (Å²) < 4.78 is 33.4. The maximum Gasteiger partial charge on any atom is 0.345 e. The molecule has 0 N–H and O–H groups in total. The van der Waals surface area contributed by atoms with Crippen LogP contribution in [0.4, 0.5) is 8.78 Å². The Bertz CT molecular complexity index is 341. The number of esters is 1. The van der Waals surface area contributed by atoms with E-state index in [4.69, 9.17) is 4.74 Å². The summed E-state index contributed by atoms with van der Waals surface area (Å²) in [7, 11) is 0. The normalized spacial score (nSPS) is 10.8. The Morgan fingerprint density at radius 3 is 3.00 bits per heavy atom. The van der Waals surface area contributed by atoms with Crippen LogP contribution in [0.1, 0.15) is 17.3 Å². The molecule has 0 aliphatic rings. The molecular weight excluding hydrogens is 222 g/mol. The van der Waals surface area contributed by atoms with E-state index in [-0.39, 0.29) is 19.8 Å². The molecule has 1 rings (SSSR count). The van der Waals surface area contributed by atoms with Crippen molar-refractivity contribution in [1.29, 1.82) is 0 Å². The van der Waals surface area contributed by atoms with Gasteiger partial charge in [0.2, 0.25) is 0 Å². The molecule has 0 unspecified atom stereocenters. The molecule has 0 radical (unpaired) electrons. The molecule has 0 aliphatic heterocycles. The minimum absolute atomic E-state index is 0.156. The average molecular weight is 234 g/mol. The van der Waals surface area contributed by atoms with Crippen molar-refractivity contribution in [3.63, 3.8) is 0 Å². The maximum atomic E-state index is 11.6. The lowest BCUT2D eigenvalue weighted by molar-refractivity contribution is -0.130. The second-order valence-corrected chi connectivity index (χ2v) is 2.84. The van der Waals surface area contributed by atoms with E-state index in [1.165, 1.54) is 17.1 Å². The molecule has 0 aromatic carbocycles. The second kappa shape index (κ2) is 6.16. The number of halogens is 2. The lowest BCUT2D eigenvalue weighted by Gasteiger charge is -2.02. The number of ether oxygens (including phenoxy) is 2. The quantitative estimate of drug-likeness (QED) is 0.696. The van der Waals surface area contributed by atoms with Crippen molar-refractivity contribution >= 4 is 5.97 Å². The second-order valence-electron chi connectivity index (χ2n) is 2.84. The molecule has 0 atom stereocenters. The van der Waals surface area contributed by atoms with Gasteiger partial charge in [-0.05, 0) is 6.92 Å². The Labute approximate surface area is 90.9 Å². The summed E-state index contributed by atoms with van der Waals surface area (Å²) in [6.45, 7) is -0.831. The fourth-order valence-electron chi connectivity index (χ4n) is 1.04. The van der Waals surface area contributed by atoms with Crippen LogP contribution in [-0.4, -0.2) is 35.6 Å². The number of nitrogens with zero attached hydrogens (tertiary/aromatic N) is 2. The molecule has 0 fully saturated rings. The van der Waals surface area contributed by atoms with Gasteiger partial charge in [0.15, 0.2) is 0 Å². The van der Waals surface area contributed by atoms with Crippen LogP contribution in [0.5, 0.6) is 0 Å². The summed E-state index contributed by atoms with van der Waals surface area (Å²) in [5.41, 5.74) is 0.291. The summed E-state index contributed by atoms with van der Waals surface area (Å²) in [6.07, 6.45) is 2.74. The van der Waals surface area contributed by atoms with Gasteiger partial charge in [-0.1, -0.05) is 0 Å². The molecule has 0 spiro atoms. The molecule has 7 heteroatoms. The fraction of sp³-hybridized carbons (Fsp3) is 0.556. The van der Waals surface area contributed by atoms with Gasteiger partial charge in [0.1, 0.15) is 0 Å². The van der Waals surface area contributed by atoms with E-state index in [9.17, 15) is 13.6 Å². The lowest BCUT2D eigenvalue weighted by Crippen LogP contribution is -2.09. The van der Waals surface area contributed by atoms with Crippen molar-refractivity contribution in [3.05, 3.63) is 18.0 Å². The van der Waals surface area contributed by atoms with Crippen molar-refractivity contribution in [2.75, 3.05) is 13.2 Å². The highest BCUT2D eigenvalue weighted by Gasteiger charge is 2.09. The highest BCUT2D eigenvalue weighted by Crippen LogP contribution is 2.01. The first-order valence-corrected chi connectivity index (χ1v) is 4.72. The first kappa shape index (κ1) is 12.6. The van der Waals surface area contributed by atoms with Gasteiger partial charge in [0.25, 0.3) is 0 Å².